The number of alkyl carbamates (subject to hydrolysis) is 1. The minimum absolute atomic E-state index is 0.225. The van der Waals surface area contributed by atoms with E-state index in [1.54, 1.807) is 12.3 Å². The van der Waals surface area contributed by atoms with Crippen LogP contribution in [0.25, 0.3) is 5.69 Å². The van der Waals surface area contributed by atoms with Gasteiger partial charge in [0.1, 0.15) is 11.4 Å². The molecule has 0 spiro atoms. The van der Waals surface area contributed by atoms with Gasteiger partial charge in [0, 0.05) is 31.9 Å². The SMILES string of the molecule is C[C@H](Cc1ccc(-n2ccc(N)nc2=O)cc1)N1C[C@@H]2C(CNC(=O)OC(C)(C)C)[C@@H]2C1. The molecule has 0 radical (unpaired) electrons. The molecule has 32 heavy (non-hydrogen) atoms. The van der Waals surface area contributed by atoms with Crippen molar-refractivity contribution in [1.29, 1.82) is 0 Å². The number of amides is 1. The number of carbonyl (C=O) groups is 1. The van der Waals surface area contributed by atoms with Gasteiger partial charge in [0.05, 0.1) is 5.69 Å². The summed E-state index contributed by atoms with van der Waals surface area (Å²) in [5.74, 6) is 2.12. The molecule has 1 aliphatic carbocycles. The van der Waals surface area contributed by atoms with Crippen molar-refractivity contribution in [2.24, 2.45) is 17.8 Å². The smallest absolute Gasteiger partial charge is 0.407 e. The second kappa shape index (κ2) is 8.58. The van der Waals surface area contributed by atoms with E-state index in [-0.39, 0.29) is 17.6 Å². The molecule has 1 aliphatic heterocycles. The molecule has 1 aromatic carbocycles. The monoisotopic (exact) mass is 439 g/mol. The number of hydrogen-bond donors (Lipinski definition) is 2. The summed E-state index contributed by atoms with van der Waals surface area (Å²) >= 11 is 0. The maximum absolute atomic E-state index is 12.0. The quantitative estimate of drug-likeness (QED) is 0.717. The van der Waals surface area contributed by atoms with Gasteiger partial charge in [-0.3, -0.25) is 9.47 Å². The van der Waals surface area contributed by atoms with Crippen LogP contribution in [-0.2, 0) is 11.2 Å². The van der Waals surface area contributed by atoms with Gasteiger partial charge in [-0.05, 0) is 75.6 Å². The third-order valence-electron chi connectivity index (χ3n) is 6.47. The largest absolute Gasteiger partial charge is 0.444 e. The maximum Gasteiger partial charge on any atom is 0.407 e. The number of aromatic nitrogens is 2. The first-order valence-electron chi connectivity index (χ1n) is 11.3. The highest BCUT2D eigenvalue weighted by atomic mass is 16.6. The molecule has 8 heteroatoms. The molecule has 1 amide bonds. The number of hydrogen-bond acceptors (Lipinski definition) is 6. The van der Waals surface area contributed by atoms with Crippen LogP contribution in [-0.4, -0.2) is 51.8 Å². The van der Waals surface area contributed by atoms with Gasteiger partial charge in [0.2, 0.25) is 0 Å². The van der Waals surface area contributed by atoms with Crippen molar-refractivity contribution in [3.63, 3.8) is 0 Å². The lowest BCUT2D eigenvalue weighted by molar-refractivity contribution is 0.0522. The summed E-state index contributed by atoms with van der Waals surface area (Å²) in [6, 6.07) is 10.1. The second-order valence-electron chi connectivity index (χ2n) is 10.1. The van der Waals surface area contributed by atoms with E-state index in [0.29, 0.717) is 30.3 Å². The number of benzene rings is 1. The molecule has 0 bridgehead atoms. The van der Waals surface area contributed by atoms with Gasteiger partial charge in [0.25, 0.3) is 0 Å². The molecule has 1 unspecified atom stereocenters. The number of carbonyl (C=O) groups excluding carboxylic acids is 1. The average Bonchev–Trinajstić information content (AvgIpc) is 3.14. The molecule has 1 saturated heterocycles. The van der Waals surface area contributed by atoms with Crippen molar-refractivity contribution in [2.75, 3.05) is 25.4 Å². The van der Waals surface area contributed by atoms with Gasteiger partial charge < -0.3 is 15.8 Å². The third kappa shape index (κ3) is 5.12. The summed E-state index contributed by atoms with van der Waals surface area (Å²) in [7, 11) is 0. The highest BCUT2D eigenvalue weighted by molar-refractivity contribution is 5.67. The van der Waals surface area contributed by atoms with Crippen LogP contribution in [0.4, 0.5) is 10.6 Å². The fourth-order valence-corrected chi connectivity index (χ4v) is 4.74. The molecule has 2 aliphatic rings. The van der Waals surface area contributed by atoms with Gasteiger partial charge in [-0.15, -0.1) is 0 Å². The van der Waals surface area contributed by atoms with Crippen LogP contribution in [0, 0.1) is 17.8 Å². The Morgan fingerprint density at radius 1 is 1.22 bits per heavy atom. The van der Waals surface area contributed by atoms with Gasteiger partial charge in [-0.25, -0.2) is 9.59 Å². The van der Waals surface area contributed by atoms with E-state index in [1.165, 1.54) is 10.1 Å². The number of nitrogen functional groups attached to an aromatic ring is 1. The number of anilines is 1. The minimum atomic E-state index is -0.462. The Labute approximate surface area is 188 Å². The average molecular weight is 440 g/mol. The van der Waals surface area contributed by atoms with Gasteiger partial charge in [0.15, 0.2) is 0 Å². The molecule has 3 N–H and O–H groups in total. The predicted octanol–water partition coefficient (Wildman–Crippen LogP) is 2.45. The molecular formula is C24H33N5O3. The van der Waals surface area contributed by atoms with Crippen molar-refractivity contribution in [3.8, 4) is 5.69 Å². The number of nitrogens with zero attached hydrogens (tertiary/aromatic N) is 3. The highest BCUT2D eigenvalue weighted by Gasteiger charge is 2.55. The Morgan fingerprint density at radius 3 is 2.47 bits per heavy atom. The molecule has 8 nitrogen and oxygen atoms in total. The zero-order valence-corrected chi connectivity index (χ0v) is 19.2. The van der Waals surface area contributed by atoms with Gasteiger partial charge in [-0.2, -0.15) is 4.98 Å². The van der Waals surface area contributed by atoms with Crippen LogP contribution in [0.2, 0.25) is 0 Å². The standard InChI is InChI=1S/C24H33N5O3/c1-15(11-16-5-7-17(8-6-16)29-10-9-21(25)27-22(29)30)28-13-19-18(20(19)14-28)12-26-23(31)32-24(2,3)4/h5-10,15,18-20H,11-14H2,1-4H3,(H,26,31)(H2,25,27,30)/t15-,18?,19-,20+/m1/s1. The summed E-state index contributed by atoms with van der Waals surface area (Å²) < 4.78 is 6.81. The Hall–Kier alpha value is -2.87. The summed E-state index contributed by atoms with van der Waals surface area (Å²) in [5, 5.41) is 2.92. The zero-order valence-electron chi connectivity index (χ0n) is 19.2. The van der Waals surface area contributed by atoms with E-state index >= 15 is 0 Å². The van der Waals surface area contributed by atoms with Crippen LogP contribution in [0.5, 0.6) is 0 Å². The molecule has 4 atom stereocenters. The first kappa shape index (κ1) is 22.3. The number of nitrogens with two attached hydrogens (primary N) is 1. The van der Waals surface area contributed by atoms with E-state index in [9.17, 15) is 9.59 Å². The molecule has 1 saturated carbocycles. The summed E-state index contributed by atoms with van der Waals surface area (Å²) in [4.78, 5) is 30.2. The molecule has 2 fully saturated rings. The Kier molecular flexibility index (Phi) is 5.99. The lowest BCUT2D eigenvalue weighted by Crippen LogP contribution is -2.37. The van der Waals surface area contributed by atoms with Gasteiger partial charge in [-0.1, -0.05) is 12.1 Å². The van der Waals surface area contributed by atoms with Crippen LogP contribution in [0.3, 0.4) is 0 Å². The van der Waals surface area contributed by atoms with Crippen molar-refractivity contribution < 1.29 is 9.53 Å². The van der Waals surface area contributed by atoms with Crippen molar-refractivity contribution in [2.45, 2.75) is 45.8 Å². The molecule has 2 aromatic rings. The van der Waals surface area contributed by atoms with E-state index in [2.05, 4.69) is 34.3 Å². The van der Waals surface area contributed by atoms with Crippen LogP contribution in [0.1, 0.15) is 33.3 Å². The first-order valence-corrected chi connectivity index (χ1v) is 11.3. The van der Waals surface area contributed by atoms with E-state index in [1.807, 2.05) is 32.9 Å². The first-order chi connectivity index (χ1) is 15.1. The zero-order chi connectivity index (χ0) is 23.0. The van der Waals surface area contributed by atoms with Crippen LogP contribution >= 0.6 is 0 Å². The summed E-state index contributed by atoms with van der Waals surface area (Å²) in [6.07, 6.45) is 2.27. The third-order valence-corrected chi connectivity index (χ3v) is 6.47. The fraction of sp³-hybridized carbons (Fsp3) is 0.542. The number of rotatable bonds is 6. The summed E-state index contributed by atoms with van der Waals surface area (Å²) in [6.45, 7) is 10.8. The van der Waals surface area contributed by atoms with Crippen molar-refractivity contribution >= 4 is 11.9 Å². The normalized spacial score (nSPS) is 23.4. The Morgan fingerprint density at radius 2 is 1.88 bits per heavy atom. The van der Waals surface area contributed by atoms with E-state index in [4.69, 9.17) is 10.5 Å². The number of ether oxygens (including phenoxy) is 1. The fourth-order valence-electron chi connectivity index (χ4n) is 4.74. The van der Waals surface area contributed by atoms with E-state index < -0.39 is 5.60 Å². The Balaban J connectivity index is 1.24. The lowest BCUT2D eigenvalue weighted by atomic mass is 10.0. The van der Waals surface area contributed by atoms with Gasteiger partial charge >= 0.3 is 11.8 Å². The second-order valence-corrected chi connectivity index (χ2v) is 10.1. The number of fused-ring (bicyclic) bond motifs is 1. The number of nitrogens with one attached hydrogen (secondary N) is 1. The Bertz CT molecular complexity index is 1020. The minimum Gasteiger partial charge on any atom is -0.444 e. The van der Waals surface area contributed by atoms with E-state index in [0.717, 1.165) is 25.2 Å². The van der Waals surface area contributed by atoms with Crippen molar-refractivity contribution in [1.82, 2.24) is 19.8 Å². The van der Waals surface area contributed by atoms with Crippen molar-refractivity contribution in [3.05, 3.63) is 52.6 Å². The molecule has 4 rings (SSSR count). The topological polar surface area (TPSA) is 102 Å². The van der Waals surface area contributed by atoms with Crippen LogP contribution in [0.15, 0.2) is 41.3 Å². The molecule has 2 heterocycles. The maximum atomic E-state index is 12.0. The predicted molar refractivity (Wildman–Crippen MR) is 124 cm³/mol. The highest BCUT2D eigenvalue weighted by Crippen LogP contribution is 2.51. The number of likely N-dealkylation sites (tertiary alicyclic amines) is 1. The molecule has 172 valence electrons. The van der Waals surface area contributed by atoms with Crippen LogP contribution < -0.4 is 16.7 Å². The molecular weight excluding hydrogens is 406 g/mol. The number of piperidine rings is 1. The lowest BCUT2D eigenvalue weighted by Gasteiger charge is -2.27. The molecule has 1 aromatic heterocycles. The summed E-state index contributed by atoms with van der Waals surface area (Å²) in [5.41, 5.74) is 6.74.